The normalized spacial score (nSPS) is 19.7. The van der Waals surface area contributed by atoms with Gasteiger partial charge in [0.25, 0.3) is 0 Å². The molecule has 0 unspecified atom stereocenters. The zero-order valence-electron chi connectivity index (χ0n) is 17.8. The van der Waals surface area contributed by atoms with E-state index in [-0.39, 0.29) is 0 Å². The lowest BCUT2D eigenvalue weighted by molar-refractivity contribution is 0.0314. The van der Waals surface area contributed by atoms with E-state index < -0.39 is 0 Å². The van der Waals surface area contributed by atoms with Crippen molar-refractivity contribution in [3.05, 3.63) is 42.1 Å². The minimum absolute atomic E-state index is 0.426. The first-order chi connectivity index (χ1) is 14.2. The number of para-hydroxylation sites is 1. The van der Waals surface area contributed by atoms with Gasteiger partial charge in [-0.2, -0.15) is 0 Å². The molecule has 1 aromatic carbocycles. The topological polar surface area (TPSA) is 42.8 Å². The van der Waals surface area contributed by atoms with Crippen LogP contribution in [0.3, 0.4) is 0 Å². The van der Waals surface area contributed by atoms with Gasteiger partial charge in [0.2, 0.25) is 5.88 Å². The van der Waals surface area contributed by atoms with Crippen molar-refractivity contribution < 1.29 is 9.47 Å². The maximum Gasteiger partial charge on any atom is 0.238 e. The molecule has 2 saturated heterocycles. The maximum atomic E-state index is 6.01. The number of hydrogen-bond donors (Lipinski definition) is 0. The Labute approximate surface area is 174 Å². The second kappa shape index (κ2) is 9.74. The van der Waals surface area contributed by atoms with E-state index in [1.807, 2.05) is 30.3 Å². The standard InChI is InChI=1S/C23H34N4O2/c1-19(2)22-18-23(29-21-6-4-3-5-7-21)24-27(22)20-8-10-25(11-9-20)12-13-26-14-16-28-17-15-26/h3-7,18-20H,8-17H2,1-2H3. The third-order valence-electron chi connectivity index (χ3n) is 6.04. The van der Waals surface area contributed by atoms with Crippen molar-refractivity contribution in [2.24, 2.45) is 0 Å². The van der Waals surface area contributed by atoms with E-state index in [2.05, 4.69) is 34.4 Å². The van der Waals surface area contributed by atoms with Crippen molar-refractivity contribution in [2.75, 3.05) is 52.5 Å². The quantitative estimate of drug-likeness (QED) is 0.710. The number of hydrogen-bond acceptors (Lipinski definition) is 5. The van der Waals surface area contributed by atoms with E-state index in [4.69, 9.17) is 14.6 Å². The predicted molar refractivity (Wildman–Crippen MR) is 115 cm³/mol. The third kappa shape index (κ3) is 5.38. The Morgan fingerprint density at radius 3 is 2.31 bits per heavy atom. The molecule has 29 heavy (non-hydrogen) atoms. The largest absolute Gasteiger partial charge is 0.438 e. The van der Waals surface area contributed by atoms with Crippen LogP contribution in [0.4, 0.5) is 0 Å². The molecule has 0 aliphatic carbocycles. The number of ether oxygens (including phenoxy) is 2. The van der Waals surface area contributed by atoms with Crippen LogP contribution in [0.5, 0.6) is 11.6 Å². The Kier molecular flexibility index (Phi) is 6.85. The zero-order chi connectivity index (χ0) is 20.1. The summed E-state index contributed by atoms with van der Waals surface area (Å²) in [6.45, 7) is 13.0. The summed E-state index contributed by atoms with van der Waals surface area (Å²) in [5.74, 6) is 1.97. The maximum absolute atomic E-state index is 6.01. The highest BCUT2D eigenvalue weighted by molar-refractivity contribution is 5.28. The van der Waals surface area contributed by atoms with Crippen LogP contribution in [0.15, 0.2) is 36.4 Å². The molecule has 2 fully saturated rings. The molecule has 6 nitrogen and oxygen atoms in total. The van der Waals surface area contributed by atoms with Crippen molar-refractivity contribution in [3.63, 3.8) is 0 Å². The number of morpholine rings is 1. The van der Waals surface area contributed by atoms with Gasteiger partial charge in [-0.1, -0.05) is 32.0 Å². The summed E-state index contributed by atoms with van der Waals surface area (Å²) in [5.41, 5.74) is 1.27. The molecule has 0 radical (unpaired) electrons. The highest BCUT2D eigenvalue weighted by atomic mass is 16.5. The summed E-state index contributed by atoms with van der Waals surface area (Å²) in [7, 11) is 0. The van der Waals surface area contributed by atoms with Crippen LogP contribution in [-0.4, -0.2) is 72.1 Å². The molecule has 0 amide bonds. The predicted octanol–water partition coefficient (Wildman–Crippen LogP) is 3.77. The molecule has 3 heterocycles. The van der Waals surface area contributed by atoms with Crippen molar-refractivity contribution >= 4 is 0 Å². The fourth-order valence-corrected chi connectivity index (χ4v) is 4.26. The van der Waals surface area contributed by atoms with Gasteiger partial charge in [-0.3, -0.25) is 9.58 Å². The SMILES string of the molecule is CC(C)c1cc(Oc2ccccc2)nn1C1CCN(CCN2CCOCC2)CC1. The molecule has 0 N–H and O–H groups in total. The van der Waals surface area contributed by atoms with E-state index in [1.54, 1.807) is 0 Å². The fraction of sp³-hybridized carbons (Fsp3) is 0.609. The summed E-state index contributed by atoms with van der Waals surface area (Å²) < 4.78 is 13.7. The van der Waals surface area contributed by atoms with Crippen molar-refractivity contribution in [1.82, 2.24) is 19.6 Å². The summed E-state index contributed by atoms with van der Waals surface area (Å²) in [6, 6.07) is 12.5. The van der Waals surface area contributed by atoms with Gasteiger partial charge in [0, 0.05) is 51.0 Å². The van der Waals surface area contributed by atoms with Gasteiger partial charge in [0.1, 0.15) is 5.75 Å². The first-order valence-corrected chi connectivity index (χ1v) is 11.0. The Morgan fingerprint density at radius 2 is 1.66 bits per heavy atom. The molecule has 2 aliphatic rings. The van der Waals surface area contributed by atoms with Gasteiger partial charge in [-0.05, 0) is 30.9 Å². The van der Waals surface area contributed by atoms with E-state index >= 15 is 0 Å². The summed E-state index contributed by atoms with van der Waals surface area (Å²) in [6.07, 6.45) is 2.30. The van der Waals surface area contributed by atoms with Crippen LogP contribution in [0.2, 0.25) is 0 Å². The molecule has 158 valence electrons. The lowest BCUT2D eigenvalue weighted by atomic mass is 10.0. The van der Waals surface area contributed by atoms with E-state index in [9.17, 15) is 0 Å². The van der Waals surface area contributed by atoms with E-state index in [0.29, 0.717) is 17.8 Å². The van der Waals surface area contributed by atoms with Gasteiger partial charge >= 0.3 is 0 Å². The lowest BCUT2D eigenvalue weighted by Crippen LogP contribution is -2.43. The summed E-state index contributed by atoms with van der Waals surface area (Å²) in [5, 5.41) is 4.85. The van der Waals surface area contributed by atoms with Crippen LogP contribution in [0.25, 0.3) is 0 Å². The minimum atomic E-state index is 0.426. The van der Waals surface area contributed by atoms with Crippen molar-refractivity contribution in [2.45, 2.75) is 38.6 Å². The average molecular weight is 399 g/mol. The molecule has 0 saturated carbocycles. The van der Waals surface area contributed by atoms with Crippen LogP contribution < -0.4 is 4.74 Å². The molecule has 2 aromatic rings. The number of aromatic nitrogens is 2. The fourth-order valence-electron chi connectivity index (χ4n) is 4.26. The molecule has 0 spiro atoms. The van der Waals surface area contributed by atoms with Crippen molar-refractivity contribution in [3.8, 4) is 11.6 Å². The number of piperidine rings is 1. The summed E-state index contributed by atoms with van der Waals surface area (Å²) >= 11 is 0. The van der Waals surface area contributed by atoms with Crippen LogP contribution >= 0.6 is 0 Å². The van der Waals surface area contributed by atoms with Crippen LogP contribution in [0.1, 0.15) is 44.3 Å². The van der Waals surface area contributed by atoms with Crippen LogP contribution in [0, 0.1) is 0 Å². The Hall–Kier alpha value is -1.89. The Morgan fingerprint density at radius 1 is 1.00 bits per heavy atom. The molecule has 4 rings (SSSR count). The molecule has 2 aliphatic heterocycles. The molecule has 6 heteroatoms. The smallest absolute Gasteiger partial charge is 0.238 e. The molecule has 0 atom stereocenters. The number of nitrogens with zero attached hydrogens (tertiary/aromatic N) is 4. The lowest BCUT2D eigenvalue weighted by Gasteiger charge is -2.35. The van der Waals surface area contributed by atoms with Gasteiger partial charge in [-0.25, -0.2) is 0 Å². The Balaban J connectivity index is 1.34. The molecular weight excluding hydrogens is 364 g/mol. The van der Waals surface area contributed by atoms with Gasteiger partial charge < -0.3 is 14.4 Å². The first kappa shape index (κ1) is 20.4. The molecule has 0 bridgehead atoms. The highest BCUT2D eigenvalue weighted by Crippen LogP contribution is 2.31. The van der Waals surface area contributed by atoms with Crippen molar-refractivity contribution in [1.29, 1.82) is 0 Å². The molecule has 1 aromatic heterocycles. The number of rotatable bonds is 7. The highest BCUT2D eigenvalue weighted by Gasteiger charge is 2.25. The average Bonchev–Trinajstić information content (AvgIpc) is 3.18. The monoisotopic (exact) mass is 398 g/mol. The number of benzene rings is 1. The Bertz CT molecular complexity index is 747. The third-order valence-corrected chi connectivity index (χ3v) is 6.04. The summed E-state index contributed by atoms with van der Waals surface area (Å²) in [4.78, 5) is 5.12. The van der Waals surface area contributed by atoms with Crippen LogP contribution in [-0.2, 0) is 4.74 Å². The van der Waals surface area contributed by atoms with E-state index in [1.165, 1.54) is 5.69 Å². The van der Waals surface area contributed by atoms with Gasteiger partial charge in [-0.15, -0.1) is 5.10 Å². The second-order valence-electron chi connectivity index (χ2n) is 8.45. The minimum Gasteiger partial charge on any atom is -0.438 e. The number of likely N-dealkylation sites (tertiary alicyclic amines) is 1. The van der Waals surface area contributed by atoms with Gasteiger partial charge in [0.05, 0.1) is 19.3 Å². The van der Waals surface area contributed by atoms with E-state index in [0.717, 1.165) is 71.1 Å². The zero-order valence-corrected chi connectivity index (χ0v) is 17.8. The first-order valence-electron chi connectivity index (χ1n) is 11.0. The molecular formula is C23H34N4O2. The second-order valence-corrected chi connectivity index (χ2v) is 8.45. The van der Waals surface area contributed by atoms with Gasteiger partial charge in [0.15, 0.2) is 0 Å².